The predicted molar refractivity (Wildman–Crippen MR) is 93.3 cm³/mol. The number of hydrogen-bond acceptors (Lipinski definition) is 4. The molecule has 2 aromatic rings. The second-order valence-electron chi connectivity index (χ2n) is 5.38. The van der Waals surface area contributed by atoms with E-state index in [1.807, 2.05) is 0 Å². The number of benzene rings is 1. The van der Waals surface area contributed by atoms with E-state index in [2.05, 4.69) is 16.8 Å². The number of rotatable bonds is 1. The fourth-order valence-corrected chi connectivity index (χ4v) is 3.66. The molecule has 3 rings (SSSR count). The molecule has 6 heteroatoms. The number of carboxylic acid groups (broad SMARTS) is 1. The Kier molecular flexibility index (Phi) is 2.34. The molecule has 0 saturated heterocycles. The lowest BCUT2D eigenvalue weighted by Gasteiger charge is -2.32. The summed E-state index contributed by atoms with van der Waals surface area (Å²) in [6, 6.07) is 5.84. The SMILES string of the molecule is [2H]C([2H])([2H])C1(C([2H])([2H])[2H])c2cc(C#Cc3ccc(C(=O)O)cn3)ccc2S(=O)(=O)CC1([2H])[2H]. The van der Waals surface area contributed by atoms with E-state index in [1.54, 1.807) is 0 Å². The highest BCUT2D eigenvalue weighted by molar-refractivity contribution is 7.91. The summed E-state index contributed by atoms with van der Waals surface area (Å²) in [5.41, 5.74) is -3.68. The molecular formula is C19H17NO4S. The molecule has 1 aliphatic rings. The number of aromatic carboxylic acids is 1. The summed E-state index contributed by atoms with van der Waals surface area (Å²) in [7, 11) is -4.33. The summed E-state index contributed by atoms with van der Waals surface area (Å²) in [6.45, 7) is -6.85. The van der Waals surface area contributed by atoms with Crippen LogP contribution in [-0.2, 0) is 15.3 Å². The lowest BCUT2D eigenvalue weighted by Crippen LogP contribution is -2.30. The molecule has 2 heterocycles. The molecule has 0 amide bonds. The minimum Gasteiger partial charge on any atom is -0.478 e. The van der Waals surface area contributed by atoms with Crippen molar-refractivity contribution in [1.82, 2.24) is 4.98 Å². The Labute approximate surface area is 157 Å². The van der Waals surface area contributed by atoms with Crippen LogP contribution < -0.4 is 0 Å². The van der Waals surface area contributed by atoms with Gasteiger partial charge in [0.1, 0.15) is 5.69 Å². The number of hydrogen-bond donors (Lipinski definition) is 1. The Morgan fingerprint density at radius 2 is 2.12 bits per heavy atom. The van der Waals surface area contributed by atoms with Gasteiger partial charge in [-0.25, -0.2) is 18.2 Å². The summed E-state index contributed by atoms with van der Waals surface area (Å²) in [6.07, 6.45) is -2.07. The standard InChI is InChI=1S/C19H17NO4S/c1-19(2)9-10-25(23,24)17-8-4-13(11-16(17)19)3-6-15-7-5-14(12-20-15)18(21)22/h4-5,7-8,11-12H,9-10H2,1-2H3,(H,21,22)/i1D3,2D3,9D2. The summed E-state index contributed by atoms with van der Waals surface area (Å²) in [5.74, 6) is 2.73. The van der Waals surface area contributed by atoms with Gasteiger partial charge < -0.3 is 5.11 Å². The zero-order valence-corrected chi connectivity index (χ0v) is 13.5. The molecule has 0 fully saturated rings. The molecule has 128 valence electrons. The van der Waals surface area contributed by atoms with Gasteiger partial charge in [0.2, 0.25) is 0 Å². The van der Waals surface area contributed by atoms with Gasteiger partial charge in [0.15, 0.2) is 9.84 Å². The van der Waals surface area contributed by atoms with Crippen molar-refractivity contribution in [2.24, 2.45) is 0 Å². The van der Waals surface area contributed by atoms with E-state index >= 15 is 0 Å². The minimum absolute atomic E-state index is 0.0311. The van der Waals surface area contributed by atoms with E-state index in [0.717, 1.165) is 18.3 Å². The van der Waals surface area contributed by atoms with Crippen molar-refractivity contribution in [2.45, 2.75) is 30.4 Å². The van der Waals surface area contributed by atoms with E-state index in [0.29, 0.717) is 0 Å². The van der Waals surface area contributed by atoms with Gasteiger partial charge in [0, 0.05) is 22.7 Å². The van der Waals surface area contributed by atoms with E-state index in [-0.39, 0.29) is 16.8 Å². The number of sulfone groups is 1. The normalized spacial score (nSPS) is 24.8. The highest BCUT2D eigenvalue weighted by atomic mass is 32.2. The fourth-order valence-electron chi connectivity index (χ4n) is 2.28. The molecule has 1 N–H and O–H groups in total. The topological polar surface area (TPSA) is 84.3 Å². The quantitative estimate of drug-likeness (QED) is 0.788. The van der Waals surface area contributed by atoms with Crippen molar-refractivity contribution >= 4 is 15.8 Å². The van der Waals surface area contributed by atoms with Crippen LogP contribution in [0.5, 0.6) is 0 Å². The molecule has 0 spiro atoms. The number of nitrogens with zero attached hydrogens (tertiary/aromatic N) is 1. The highest BCUT2D eigenvalue weighted by Crippen LogP contribution is 2.38. The van der Waals surface area contributed by atoms with Gasteiger partial charge in [0.05, 0.1) is 16.2 Å². The Morgan fingerprint density at radius 3 is 2.76 bits per heavy atom. The third-order valence-electron chi connectivity index (χ3n) is 3.59. The number of carboxylic acids is 1. The zero-order chi connectivity index (χ0) is 25.0. The second-order valence-corrected chi connectivity index (χ2v) is 7.34. The van der Waals surface area contributed by atoms with E-state index in [1.165, 1.54) is 18.2 Å². The van der Waals surface area contributed by atoms with Gasteiger partial charge in [-0.3, -0.25) is 0 Å². The molecule has 1 aromatic carbocycles. The van der Waals surface area contributed by atoms with Gasteiger partial charge in [-0.15, -0.1) is 0 Å². The highest BCUT2D eigenvalue weighted by Gasteiger charge is 2.35. The molecule has 5 nitrogen and oxygen atoms in total. The van der Waals surface area contributed by atoms with Crippen molar-refractivity contribution in [3.8, 4) is 11.8 Å². The van der Waals surface area contributed by atoms with Crippen LogP contribution in [-0.4, -0.2) is 30.2 Å². The van der Waals surface area contributed by atoms with Crippen LogP contribution in [0.3, 0.4) is 0 Å². The third-order valence-corrected chi connectivity index (χ3v) is 5.14. The molecule has 25 heavy (non-hydrogen) atoms. The first kappa shape index (κ1) is 9.73. The van der Waals surface area contributed by atoms with Gasteiger partial charge in [0.25, 0.3) is 0 Å². The van der Waals surface area contributed by atoms with E-state index in [4.69, 9.17) is 16.1 Å². The summed E-state index contributed by atoms with van der Waals surface area (Å²) in [4.78, 5) is 14.2. The van der Waals surface area contributed by atoms with Crippen LogP contribution in [0.2, 0.25) is 0 Å². The summed E-state index contributed by atoms with van der Waals surface area (Å²) < 4.78 is 89.7. The number of aromatic nitrogens is 1. The zero-order valence-electron chi connectivity index (χ0n) is 20.7. The van der Waals surface area contributed by atoms with Crippen molar-refractivity contribution in [1.29, 1.82) is 0 Å². The van der Waals surface area contributed by atoms with Crippen LogP contribution >= 0.6 is 0 Å². The molecular weight excluding hydrogens is 338 g/mol. The van der Waals surface area contributed by atoms with Gasteiger partial charge in [-0.2, -0.15) is 0 Å². The molecule has 1 aliphatic heterocycles. The monoisotopic (exact) mass is 363 g/mol. The molecule has 0 bridgehead atoms. The van der Waals surface area contributed by atoms with Crippen molar-refractivity contribution < 1.29 is 29.3 Å². The van der Waals surface area contributed by atoms with Crippen molar-refractivity contribution in [2.75, 3.05) is 5.75 Å². The van der Waals surface area contributed by atoms with Crippen LogP contribution in [0.25, 0.3) is 0 Å². The van der Waals surface area contributed by atoms with Gasteiger partial charge in [-0.05, 0) is 53.6 Å². The maximum Gasteiger partial charge on any atom is 0.337 e. The molecule has 0 unspecified atom stereocenters. The molecule has 0 saturated carbocycles. The van der Waals surface area contributed by atoms with Gasteiger partial charge >= 0.3 is 5.97 Å². The smallest absolute Gasteiger partial charge is 0.337 e. The third kappa shape index (κ3) is 3.42. The first-order valence-electron chi connectivity index (χ1n) is 11.0. The lowest BCUT2D eigenvalue weighted by molar-refractivity contribution is 0.0696. The Bertz CT molecular complexity index is 1270. The lowest BCUT2D eigenvalue weighted by atomic mass is 9.81. The van der Waals surface area contributed by atoms with Crippen molar-refractivity contribution in [3.05, 3.63) is 58.9 Å². The number of pyridine rings is 1. The minimum atomic E-state index is -4.33. The largest absolute Gasteiger partial charge is 0.478 e. The van der Waals surface area contributed by atoms with Gasteiger partial charge in [-0.1, -0.05) is 19.6 Å². The van der Waals surface area contributed by atoms with Crippen molar-refractivity contribution in [3.63, 3.8) is 0 Å². The first-order valence-corrected chi connectivity index (χ1v) is 8.68. The van der Waals surface area contributed by atoms with Crippen LogP contribution in [0.15, 0.2) is 41.4 Å². The molecule has 0 aliphatic carbocycles. The number of fused-ring (bicyclic) bond motifs is 1. The summed E-state index contributed by atoms with van der Waals surface area (Å²) >= 11 is 0. The summed E-state index contributed by atoms with van der Waals surface area (Å²) in [5, 5.41) is 8.91. The van der Waals surface area contributed by atoms with E-state index in [9.17, 15) is 13.2 Å². The molecule has 0 radical (unpaired) electrons. The first-order chi connectivity index (χ1) is 14.9. The maximum atomic E-state index is 12.7. The Hall–Kier alpha value is -2.65. The fraction of sp³-hybridized carbons (Fsp3) is 0.263. The van der Waals surface area contributed by atoms with Crippen LogP contribution in [0, 0.1) is 11.8 Å². The van der Waals surface area contributed by atoms with Crippen LogP contribution in [0.4, 0.5) is 0 Å². The average Bonchev–Trinajstić information content (AvgIpc) is 2.63. The maximum absolute atomic E-state index is 12.7. The Morgan fingerprint density at radius 1 is 1.32 bits per heavy atom. The molecule has 0 atom stereocenters. The second kappa shape index (κ2) is 6.01. The van der Waals surface area contributed by atoms with Crippen LogP contribution in [0.1, 0.15) is 58.2 Å². The predicted octanol–water partition coefficient (Wildman–Crippen LogP) is 2.63. The van der Waals surface area contributed by atoms with E-state index < -0.39 is 57.5 Å². The average molecular weight is 363 g/mol. The number of carbonyl (C=O) groups is 1. The molecule has 1 aromatic heterocycles. The Balaban J connectivity index is 2.27.